The maximum atomic E-state index is 13.4. The summed E-state index contributed by atoms with van der Waals surface area (Å²) in [6.07, 6.45) is 1.25. The molecule has 220 valence electrons. The number of sulfonamides is 1. The lowest BCUT2D eigenvalue weighted by atomic mass is 9.87. The van der Waals surface area contributed by atoms with Gasteiger partial charge >= 0.3 is 5.97 Å². The van der Waals surface area contributed by atoms with Gasteiger partial charge in [-0.2, -0.15) is 0 Å². The van der Waals surface area contributed by atoms with Crippen LogP contribution < -0.4 is 14.2 Å². The Kier molecular flexibility index (Phi) is 9.47. The predicted molar refractivity (Wildman–Crippen MR) is 162 cm³/mol. The predicted octanol–water partition coefficient (Wildman–Crippen LogP) is 6.18. The molecule has 0 aliphatic rings. The first-order valence-corrected chi connectivity index (χ1v) is 15.0. The number of carbonyl (C=O) groups excluding carboxylic acids is 1. The minimum atomic E-state index is -3.96. The van der Waals surface area contributed by atoms with Crippen LogP contribution in [0.25, 0.3) is 11.1 Å². The van der Waals surface area contributed by atoms with Gasteiger partial charge in [-0.25, -0.2) is 23.2 Å². The van der Waals surface area contributed by atoms with Crippen molar-refractivity contribution in [3.05, 3.63) is 95.8 Å². The largest absolute Gasteiger partial charge is 0.490 e. The molecule has 0 fully saturated rings. The minimum absolute atomic E-state index is 0.0965. The summed E-state index contributed by atoms with van der Waals surface area (Å²) in [4.78, 5) is 20.5. The summed E-state index contributed by atoms with van der Waals surface area (Å²) in [7, 11) is -3.96. The summed E-state index contributed by atoms with van der Waals surface area (Å²) in [5.41, 5.74) is 3.49. The zero-order valence-corrected chi connectivity index (χ0v) is 25.2. The molecular weight excluding hydrogens is 554 g/mol. The maximum Gasteiger partial charge on any atom is 0.338 e. The third-order valence-electron chi connectivity index (χ3n) is 6.37. The molecule has 3 aromatic carbocycles. The van der Waals surface area contributed by atoms with Gasteiger partial charge in [0.2, 0.25) is 5.88 Å². The van der Waals surface area contributed by atoms with Crippen LogP contribution in [0, 0.1) is 6.92 Å². The van der Waals surface area contributed by atoms with Gasteiger partial charge in [0.25, 0.3) is 10.0 Å². The van der Waals surface area contributed by atoms with E-state index in [1.807, 2.05) is 43.3 Å². The first-order chi connectivity index (χ1) is 20.0. The monoisotopic (exact) mass is 589 g/mol. The Morgan fingerprint density at radius 3 is 2.12 bits per heavy atom. The molecule has 1 aromatic heterocycles. The number of carbonyl (C=O) groups is 1. The third kappa shape index (κ3) is 7.64. The van der Waals surface area contributed by atoms with Gasteiger partial charge in [0.05, 0.1) is 22.6 Å². The van der Waals surface area contributed by atoms with E-state index in [9.17, 15) is 13.2 Å². The number of hydrogen-bond acceptors (Lipinski definition) is 8. The summed E-state index contributed by atoms with van der Waals surface area (Å²) in [6, 6.07) is 21.0. The van der Waals surface area contributed by atoms with Crippen LogP contribution in [0.3, 0.4) is 0 Å². The topological polar surface area (TPSA) is 117 Å². The Labute approximate surface area is 247 Å². The normalized spacial score (nSPS) is 11.5. The van der Waals surface area contributed by atoms with Crippen LogP contribution in [-0.4, -0.2) is 44.2 Å². The Morgan fingerprint density at radius 2 is 1.50 bits per heavy atom. The van der Waals surface area contributed by atoms with Gasteiger partial charge < -0.3 is 14.2 Å². The van der Waals surface area contributed by atoms with E-state index in [2.05, 4.69) is 35.5 Å². The molecule has 10 heteroatoms. The van der Waals surface area contributed by atoms with Crippen molar-refractivity contribution >= 4 is 21.8 Å². The first kappa shape index (κ1) is 30.5. The second-order valence-corrected chi connectivity index (χ2v) is 12.3. The molecule has 1 N–H and O–H groups in total. The lowest BCUT2D eigenvalue weighted by molar-refractivity contribution is 0.0526. The molecule has 0 saturated carbocycles. The van der Waals surface area contributed by atoms with E-state index in [4.69, 9.17) is 14.2 Å². The van der Waals surface area contributed by atoms with E-state index < -0.39 is 16.0 Å². The number of ether oxygens (including phenoxy) is 3. The third-order valence-corrected chi connectivity index (χ3v) is 7.73. The molecule has 42 heavy (non-hydrogen) atoms. The molecule has 9 nitrogen and oxygen atoms in total. The van der Waals surface area contributed by atoms with Gasteiger partial charge in [0, 0.05) is 0 Å². The molecule has 0 bridgehead atoms. The summed E-state index contributed by atoms with van der Waals surface area (Å²) in [5, 5.41) is 0. The lowest BCUT2D eigenvalue weighted by Crippen LogP contribution is -2.17. The smallest absolute Gasteiger partial charge is 0.338 e. The number of esters is 1. The van der Waals surface area contributed by atoms with Gasteiger partial charge in [0.15, 0.2) is 5.82 Å². The Morgan fingerprint density at radius 1 is 0.857 bits per heavy atom. The first-order valence-electron chi connectivity index (χ1n) is 13.6. The van der Waals surface area contributed by atoms with Crippen LogP contribution in [0.2, 0.25) is 0 Å². The number of aromatic nitrogens is 2. The van der Waals surface area contributed by atoms with Crippen molar-refractivity contribution < 1.29 is 27.4 Å². The highest BCUT2D eigenvalue weighted by molar-refractivity contribution is 7.92. The maximum absolute atomic E-state index is 13.4. The summed E-state index contributed by atoms with van der Waals surface area (Å²) in [5.74, 6) is 0.460. The lowest BCUT2D eigenvalue weighted by Gasteiger charge is -2.19. The van der Waals surface area contributed by atoms with E-state index >= 15 is 0 Å². The van der Waals surface area contributed by atoms with Crippen molar-refractivity contribution in [2.45, 2.75) is 44.9 Å². The second kappa shape index (κ2) is 13.0. The minimum Gasteiger partial charge on any atom is -0.490 e. The fraction of sp³-hybridized carbons (Fsp3) is 0.281. The standard InChI is InChI=1S/C32H35N3O6S/c1-6-39-31(36)24-11-15-26(16-12-24)40-19-20-41-30-28(23-9-7-22(2)8-10-23)29(33-21-34-30)35-42(37,38)27-17-13-25(14-18-27)32(3,4)5/h7-18,21H,6,19-20H2,1-5H3,(H,33,34,35). The van der Waals surface area contributed by atoms with Crippen molar-refractivity contribution in [2.75, 3.05) is 24.5 Å². The SMILES string of the molecule is CCOC(=O)c1ccc(OCCOc2ncnc(NS(=O)(=O)c3ccc(C(C)(C)C)cc3)c2-c2ccc(C)cc2)cc1. The summed E-state index contributed by atoms with van der Waals surface area (Å²) >= 11 is 0. The summed E-state index contributed by atoms with van der Waals surface area (Å²) < 4.78 is 46.1. The average Bonchev–Trinajstić information content (AvgIpc) is 2.96. The van der Waals surface area contributed by atoms with E-state index in [-0.39, 0.29) is 35.2 Å². The Balaban J connectivity index is 1.53. The zero-order valence-electron chi connectivity index (χ0n) is 24.4. The molecule has 4 aromatic rings. The molecule has 0 unspecified atom stereocenters. The van der Waals surface area contributed by atoms with Crippen molar-refractivity contribution in [1.29, 1.82) is 0 Å². The fourth-order valence-electron chi connectivity index (χ4n) is 4.06. The number of nitrogens with one attached hydrogen (secondary N) is 1. The van der Waals surface area contributed by atoms with Gasteiger partial charge in [-0.05, 0) is 66.8 Å². The van der Waals surface area contributed by atoms with Gasteiger partial charge in [-0.1, -0.05) is 62.7 Å². The number of nitrogens with zero attached hydrogens (tertiary/aromatic N) is 2. The molecule has 0 amide bonds. The van der Waals surface area contributed by atoms with E-state index in [0.29, 0.717) is 29.0 Å². The van der Waals surface area contributed by atoms with E-state index in [0.717, 1.165) is 11.1 Å². The highest BCUT2D eigenvalue weighted by atomic mass is 32.2. The molecule has 0 aliphatic heterocycles. The van der Waals surface area contributed by atoms with E-state index in [1.54, 1.807) is 43.3 Å². The van der Waals surface area contributed by atoms with Crippen LogP contribution in [-0.2, 0) is 20.2 Å². The average molecular weight is 590 g/mol. The molecule has 0 atom stereocenters. The Hall–Kier alpha value is -4.44. The van der Waals surface area contributed by atoms with E-state index in [1.165, 1.54) is 6.33 Å². The zero-order chi connectivity index (χ0) is 30.3. The highest BCUT2D eigenvalue weighted by Crippen LogP contribution is 2.35. The number of benzene rings is 3. The van der Waals surface area contributed by atoms with Gasteiger partial charge in [-0.15, -0.1) is 0 Å². The fourth-order valence-corrected chi connectivity index (χ4v) is 5.08. The van der Waals surface area contributed by atoms with Crippen LogP contribution in [0.5, 0.6) is 11.6 Å². The van der Waals surface area contributed by atoms with Crippen LogP contribution >= 0.6 is 0 Å². The quantitative estimate of drug-likeness (QED) is 0.163. The molecular formula is C32H35N3O6S. The number of hydrogen-bond donors (Lipinski definition) is 1. The second-order valence-electron chi connectivity index (χ2n) is 10.6. The molecule has 1 heterocycles. The number of anilines is 1. The molecule has 4 rings (SSSR count). The Bertz CT molecular complexity index is 1610. The van der Waals surface area contributed by atoms with Crippen LogP contribution in [0.15, 0.2) is 84.0 Å². The number of rotatable bonds is 11. The summed E-state index contributed by atoms with van der Waals surface area (Å²) in [6.45, 7) is 10.5. The van der Waals surface area contributed by atoms with Crippen molar-refractivity contribution in [1.82, 2.24) is 9.97 Å². The van der Waals surface area contributed by atoms with Crippen LogP contribution in [0.4, 0.5) is 5.82 Å². The molecule has 0 radical (unpaired) electrons. The molecule has 0 saturated heterocycles. The van der Waals surface area contributed by atoms with Crippen molar-refractivity contribution in [2.24, 2.45) is 0 Å². The van der Waals surface area contributed by atoms with Crippen LogP contribution in [0.1, 0.15) is 49.2 Å². The molecule has 0 spiro atoms. The highest BCUT2D eigenvalue weighted by Gasteiger charge is 2.22. The van der Waals surface area contributed by atoms with Gasteiger partial charge in [-0.3, -0.25) is 4.72 Å². The van der Waals surface area contributed by atoms with Crippen molar-refractivity contribution in [3.63, 3.8) is 0 Å². The molecule has 0 aliphatic carbocycles. The number of aryl methyl sites for hydroxylation is 1. The van der Waals surface area contributed by atoms with Crippen molar-refractivity contribution in [3.8, 4) is 22.8 Å². The van der Waals surface area contributed by atoms with Gasteiger partial charge in [0.1, 0.15) is 25.3 Å².